The van der Waals surface area contributed by atoms with Crippen molar-refractivity contribution >= 4 is 11.3 Å². The van der Waals surface area contributed by atoms with Gasteiger partial charge in [-0.1, -0.05) is 19.0 Å². The van der Waals surface area contributed by atoms with Crippen LogP contribution in [-0.2, 0) is 0 Å². The number of likely N-dealkylation sites (N-methyl/N-ethyl adjacent to an activating group) is 1. The maximum atomic E-state index is 5.30. The van der Waals surface area contributed by atoms with Crippen LogP contribution in [0.3, 0.4) is 0 Å². The van der Waals surface area contributed by atoms with Crippen molar-refractivity contribution in [3.63, 3.8) is 0 Å². The minimum Gasteiger partial charge on any atom is -0.339 e. The second-order valence-corrected chi connectivity index (χ2v) is 4.64. The summed E-state index contributed by atoms with van der Waals surface area (Å²) >= 11 is 1.52. The highest BCUT2D eigenvalue weighted by molar-refractivity contribution is 7.07. The fraction of sp³-hybridized carbons (Fsp3) is 0.545. The molecule has 0 aromatic carbocycles. The van der Waals surface area contributed by atoms with Crippen molar-refractivity contribution in [3.8, 4) is 11.5 Å². The largest absolute Gasteiger partial charge is 0.339 e. The van der Waals surface area contributed by atoms with E-state index in [1.807, 2.05) is 12.4 Å². The molecule has 0 aliphatic carbocycles. The first kappa shape index (κ1) is 12.2. The Morgan fingerprint density at radius 2 is 2.35 bits per heavy atom. The van der Waals surface area contributed by atoms with Crippen LogP contribution in [0.4, 0.5) is 0 Å². The summed E-state index contributed by atoms with van der Waals surface area (Å²) < 4.78 is 5.30. The molecule has 0 fully saturated rings. The first-order chi connectivity index (χ1) is 8.26. The lowest BCUT2D eigenvalue weighted by Gasteiger charge is -2.18. The summed E-state index contributed by atoms with van der Waals surface area (Å²) in [7, 11) is 1.95. The molecule has 2 unspecified atom stereocenters. The first-order valence-corrected chi connectivity index (χ1v) is 6.60. The van der Waals surface area contributed by atoms with E-state index < -0.39 is 0 Å². The zero-order valence-electron chi connectivity index (χ0n) is 10.2. The van der Waals surface area contributed by atoms with Crippen LogP contribution in [0.2, 0.25) is 0 Å². The molecule has 2 heterocycles. The second-order valence-electron chi connectivity index (χ2n) is 3.92. The maximum Gasteiger partial charge on any atom is 0.231 e. The number of thiazole rings is 1. The number of nitrogens with zero attached hydrogens (tertiary/aromatic N) is 3. The Hall–Kier alpha value is -1.27. The van der Waals surface area contributed by atoms with Gasteiger partial charge in [0.15, 0.2) is 0 Å². The average molecular weight is 252 g/mol. The molecule has 0 saturated heterocycles. The summed E-state index contributed by atoms with van der Waals surface area (Å²) in [6.07, 6.45) is 1.02. The zero-order valence-corrected chi connectivity index (χ0v) is 11.0. The summed E-state index contributed by atoms with van der Waals surface area (Å²) in [5.74, 6) is 1.43. The van der Waals surface area contributed by atoms with Gasteiger partial charge in [0.05, 0.1) is 11.4 Å². The Morgan fingerprint density at radius 1 is 1.53 bits per heavy atom. The zero-order chi connectivity index (χ0) is 12.3. The standard InChI is InChI=1S/C11H16N4OS/c1-4-8(12-3)7(2)11-14-10(15-16-11)9-5-17-6-13-9/h5-8,12H,4H2,1-3H3. The van der Waals surface area contributed by atoms with Crippen LogP contribution in [0, 0.1) is 0 Å². The summed E-state index contributed by atoms with van der Waals surface area (Å²) in [6, 6.07) is 0.346. The van der Waals surface area contributed by atoms with Crippen molar-refractivity contribution in [2.45, 2.75) is 32.2 Å². The molecule has 0 saturated carbocycles. The van der Waals surface area contributed by atoms with Crippen molar-refractivity contribution < 1.29 is 4.52 Å². The van der Waals surface area contributed by atoms with Crippen LogP contribution in [0.15, 0.2) is 15.4 Å². The van der Waals surface area contributed by atoms with Crippen molar-refractivity contribution in [3.05, 3.63) is 16.8 Å². The van der Waals surface area contributed by atoms with Gasteiger partial charge in [-0.25, -0.2) is 4.98 Å². The van der Waals surface area contributed by atoms with Gasteiger partial charge < -0.3 is 9.84 Å². The van der Waals surface area contributed by atoms with Gasteiger partial charge in [0.2, 0.25) is 11.7 Å². The van der Waals surface area contributed by atoms with Gasteiger partial charge in [0, 0.05) is 11.4 Å². The van der Waals surface area contributed by atoms with Crippen LogP contribution in [0.1, 0.15) is 32.1 Å². The predicted molar refractivity (Wildman–Crippen MR) is 67.0 cm³/mol. The number of aromatic nitrogens is 3. The third-order valence-electron chi connectivity index (χ3n) is 2.91. The van der Waals surface area contributed by atoms with Gasteiger partial charge in [-0.3, -0.25) is 0 Å². The second kappa shape index (κ2) is 5.37. The molecule has 2 aromatic heterocycles. The Kier molecular flexibility index (Phi) is 3.86. The van der Waals surface area contributed by atoms with Gasteiger partial charge in [0.1, 0.15) is 5.69 Å². The molecule has 0 amide bonds. The molecule has 0 aliphatic rings. The molecule has 0 radical (unpaired) electrons. The molecule has 1 N–H and O–H groups in total. The lowest BCUT2D eigenvalue weighted by atomic mass is 10.00. The molecule has 0 spiro atoms. The SMILES string of the molecule is CCC(NC)C(C)c1nc(-c2cscn2)no1. The van der Waals surface area contributed by atoms with E-state index >= 15 is 0 Å². The minimum atomic E-state index is 0.199. The Labute approximate surface area is 104 Å². The third-order valence-corrected chi connectivity index (χ3v) is 3.49. The highest BCUT2D eigenvalue weighted by Crippen LogP contribution is 2.22. The molecule has 6 heteroatoms. The molecule has 2 aromatic rings. The van der Waals surface area contributed by atoms with E-state index in [0.717, 1.165) is 12.1 Å². The number of rotatable bonds is 5. The van der Waals surface area contributed by atoms with Crippen molar-refractivity contribution in [2.75, 3.05) is 7.05 Å². The lowest BCUT2D eigenvalue weighted by molar-refractivity contribution is 0.326. The summed E-state index contributed by atoms with van der Waals surface area (Å²) in [4.78, 5) is 8.56. The van der Waals surface area contributed by atoms with E-state index in [1.165, 1.54) is 11.3 Å². The number of hydrogen-bond donors (Lipinski definition) is 1. The minimum absolute atomic E-state index is 0.199. The molecule has 0 bridgehead atoms. The number of nitrogens with one attached hydrogen (secondary N) is 1. The lowest BCUT2D eigenvalue weighted by Crippen LogP contribution is -2.30. The Balaban J connectivity index is 2.18. The van der Waals surface area contributed by atoms with Crippen LogP contribution in [0.25, 0.3) is 11.5 Å². The van der Waals surface area contributed by atoms with E-state index in [-0.39, 0.29) is 5.92 Å². The Bertz CT molecular complexity index is 450. The van der Waals surface area contributed by atoms with E-state index in [4.69, 9.17) is 4.52 Å². The van der Waals surface area contributed by atoms with Gasteiger partial charge >= 0.3 is 0 Å². The van der Waals surface area contributed by atoms with Crippen LogP contribution < -0.4 is 5.32 Å². The normalized spacial score (nSPS) is 14.8. The molecule has 92 valence electrons. The van der Waals surface area contributed by atoms with E-state index in [2.05, 4.69) is 34.3 Å². The van der Waals surface area contributed by atoms with Gasteiger partial charge in [-0.2, -0.15) is 4.98 Å². The maximum absolute atomic E-state index is 5.30. The smallest absolute Gasteiger partial charge is 0.231 e. The van der Waals surface area contributed by atoms with Crippen molar-refractivity contribution in [1.82, 2.24) is 20.4 Å². The molecule has 5 nitrogen and oxygen atoms in total. The quantitative estimate of drug-likeness (QED) is 0.884. The van der Waals surface area contributed by atoms with Gasteiger partial charge in [-0.05, 0) is 13.5 Å². The van der Waals surface area contributed by atoms with Crippen LogP contribution in [-0.4, -0.2) is 28.2 Å². The monoisotopic (exact) mass is 252 g/mol. The van der Waals surface area contributed by atoms with Crippen LogP contribution >= 0.6 is 11.3 Å². The summed E-state index contributed by atoms with van der Waals surface area (Å²) in [6.45, 7) is 4.22. The highest BCUT2D eigenvalue weighted by Gasteiger charge is 2.22. The fourth-order valence-electron chi connectivity index (χ4n) is 1.83. The molecular formula is C11H16N4OS. The van der Waals surface area contributed by atoms with E-state index in [0.29, 0.717) is 17.8 Å². The summed E-state index contributed by atoms with van der Waals surface area (Å²) in [5.41, 5.74) is 2.53. The van der Waals surface area contributed by atoms with Crippen molar-refractivity contribution in [1.29, 1.82) is 0 Å². The molecular weight excluding hydrogens is 236 g/mol. The topological polar surface area (TPSA) is 63.8 Å². The average Bonchev–Trinajstić information content (AvgIpc) is 3.01. The highest BCUT2D eigenvalue weighted by atomic mass is 32.1. The van der Waals surface area contributed by atoms with Gasteiger partial charge in [-0.15, -0.1) is 11.3 Å². The van der Waals surface area contributed by atoms with E-state index in [9.17, 15) is 0 Å². The molecule has 0 aliphatic heterocycles. The molecule has 17 heavy (non-hydrogen) atoms. The third kappa shape index (κ3) is 2.53. The molecule has 2 rings (SSSR count). The Morgan fingerprint density at radius 3 is 2.94 bits per heavy atom. The van der Waals surface area contributed by atoms with E-state index in [1.54, 1.807) is 5.51 Å². The predicted octanol–water partition coefficient (Wildman–Crippen LogP) is 2.29. The first-order valence-electron chi connectivity index (χ1n) is 5.65. The molecule has 2 atom stereocenters. The number of hydrogen-bond acceptors (Lipinski definition) is 6. The van der Waals surface area contributed by atoms with Gasteiger partial charge in [0.25, 0.3) is 0 Å². The van der Waals surface area contributed by atoms with Crippen LogP contribution in [0.5, 0.6) is 0 Å². The fourth-order valence-corrected chi connectivity index (χ4v) is 2.36. The van der Waals surface area contributed by atoms with Crippen molar-refractivity contribution in [2.24, 2.45) is 0 Å². The summed E-state index contributed by atoms with van der Waals surface area (Å²) in [5, 5.41) is 9.13.